The van der Waals surface area contributed by atoms with Crippen molar-refractivity contribution in [3.8, 4) is 0 Å². The van der Waals surface area contributed by atoms with Crippen molar-refractivity contribution in [2.75, 3.05) is 26.4 Å². The zero-order valence-corrected chi connectivity index (χ0v) is 16.8. The molecule has 2 N–H and O–H groups in total. The second kappa shape index (κ2) is 20.7. The van der Waals surface area contributed by atoms with E-state index in [1.54, 1.807) is 27.7 Å². The molecule has 0 aliphatic carbocycles. The van der Waals surface area contributed by atoms with Gasteiger partial charge in [-0.1, -0.05) is 0 Å². The van der Waals surface area contributed by atoms with Gasteiger partial charge in [0.05, 0.1) is 26.4 Å². The first-order valence-corrected chi connectivity index (χ1v) is 7.68. The molecule has 0 bridgehead atoms. The van der Waals surface area contributed by atoms with Gasteiger partial charge in [-0.25, -0.2) is 19.2 Å². The average molecular weight is 456 g/mol. The van der Waals surface area contributed by atoms with Crippen molar-refractivity contribution in [2.24, 2.45) is 0 Å². The normalized spacial score (nSPS) is 10.0. The molecule has 0 unspecified atom stereocenters. The summed E-state index contributed by atoms with van der Waals surface area (Å²) in [6.07, 6.45) is 1.14. The van der Waals surface area contributed by atoms with Crippen LogP contribution >= 0.6 is 0 Å². The topological polar surface area (TPSA) is 183 Å². The molecule has 0 atom stereocenters. The molecule has 0 heterocycles. The van der Waals surface area contributed by atoms with Crippen LogP contribution in [0.5, 0.6) is 0 Å². The molecule has 12 heteroatoms. The molecule has 0 rings (SSSR count). The van der Waals surface area contributed by atoms with Gasteiger partial charge in [-0.2, -0.15) is 0 Å². The molecular weight excluding hydrogens is 432 g/mol. The zero-order chi connectivity index (χ0) is 20.5. The Kier molecular flexibility index (Phi) is 24.5. The van der Waals surface area contributed by atoms with E-state index in [4.69, 9.17) is 0 Å². The van der Waals surface area contributed by atoms with Crippen LogP contribution in [0.2, 0.25) is 0 Å². The predicted octanol–water partition coefficient (Wildman–Crippen LogP) is -2.11. The fraction of sp³-hybridized carbons (Fsp3) is 0.500. The second-order valence-corrected chi connectivity index (χ2v) is 3.96. The molecule has 0 spiro atoms. The summed E-state index contributed by atoms with van der Waals surface area (Å²) in [5.74, 6) is -5.76. The number of carbonyl (C=O) groups is 4. The van der Waals surface area contributed by atoms with Crippen molar-refractivity contribution in [1.82, 2.24) is 0 Å². The summed E-state index contributed by atoms with van der Waals surface area (Å²) in [4.78, 5) is 42.7. The third-order valence-electron chi connectivity index (χ3n) is 2.02. The number of carbonyl (C=O) groups excluding carboxylic acids is 4. The van der Waals surface area contributed by atoms with E-state index in [2.05, 4.69) is 18.9 Å². The van der Waals surface area contributed by atoms with Crippen LogP contribution in [-0.2, 0) is 55.2 Å². The molecule has 0 saturated carbocycles. The summed E-state index contributed by atoms with van der Waals surface area (Å²) in [7, 11) is 0. The van der Waals surface area contributed by atoms with Crippen LogP contribution in [0.4, 0.5) is 0 Å². The van der Waals surface area contributed by atoms with Gasteiger partial charge in [0.2, 0.25) is 0 Å². The molecule has 0 aromatic heterocycles. The maximum absolute atomic E-state index is 10.8. The minimum atomic E-state index is -1.05. The summed E-state index contributed by atoms with van der Waals surface area (Å²) < 4.78 is 17.5. The van der Waals surface area contributed by atoms with E-state index in [0.29, 0.717) is 12.2 Å². The van der Waals surface area contributed by atoms with Crippen LogP contribution in [0, 0.1) is 0 Å². The van der Waals surface area contributed by atoms with E-state index < -0.39 is 35.4 Å². The molecule has 28 heavy (non-hydrogen) atoms. The molecule has 0 amide bonds. The van der Waals surface area contributed by atoms with Crippen molar-refractivity contribution >= 4 is 23.9 Å². The van der Waals surface area contributed by atoms with Crippen LogP contribution in [0.15, 0.2) is 23.7 Å². The Labute approximate surface area is 173 Å². The van der Waals surface area contributed by atoms with E-state index in [9.17, 15) is 29.4 Å². The van der Waals surface area contributed by atoms with Crippen molar-refractivity contribution < 1.29 is 70.9 Å². The molecule has 11 nitrogen and oxygen atoms in total. The first kappa shape index (κ1) is 33.1. The Morgan fingerprint density at radius 2 is 0.893 bits per heavy atom. The quantitative estimate of drug-likeness (QED) is 0.129. The van der Waals surface area contributed by atoms with E-state index in [0.717, 1.165) is 0 Å². The summed E-state index contributed by atoms with van der Waals surface area (Å²) in [5.41, 5.74) is 0. The van der Waals surface area contributed by atoms with Crippen LogP contribution in [0.3, 0.4) is 0 Å². The average Bonchev–Trinajstić information content (AvgIpc) is 2.56. The number of rotatable bonds is 8. The van der Waals surface area contributed by atoms with Crippen molar-refractivity contribution in [3.63, 3.8) is 0 Å². The fourth-order valence-electron chi connectivity index (χ4n) is 1.10. The van der Waals surface area contributed by atoms with E-state index >= 15 is 0 Å². The Morgan fingerprint density at radius 1 is 0.643 bits per heavy atom. The molecular formula is C16H24CuO11. The predicted molar refractivity (Wildman–Crippen MR) is 86.3 cm³/mol. The van der Waals surface area contributed by atoms with Crippen LogP contribution < -0.4 is 10.2 Å². The van der Waals surface area contributed by atoms with Crippen LogP contribution in [0.1, 0.15) is 27.7 Å². The smallest absolute Gasteiger partial charge is 0.867 e. The molecule has 0 fully saturated rings. The van der Waals surface area contributed by atoms with Gasteiger partial charge >= 0.3 is 40.9 Å². The van der Waals surface area contributed by atoms with Gasteiger partial charge in [0.25, 0.3) is 0 Å². The maximum Gasteiger partial charge on any atom is 2.00 e. The molecule has 0 aliphatic heterocycles. The van der Waals surface area contributed by atoms with Gasteiger partial charge in [0.15, 0.2) is 0 Å². The minimum Gasteiger partial charge on any atom is -0.867 e. The van der Waals surface area contributed by atoms with Crippen LogP contribution in [-0.4, -0.2) is 55.8 Å². The molecule has 0 saturated heterocycles. The second-order valence-electron chi connectivity index (χ2n) is 3.96. The minimum absolute atomic E-state index is 0. The largest absolute Gasteiger partial charge is 2.00 e. The van der Waals surface area contributed by atoms with Gasteiger partial charge in [-0.15, -0.1) is 0 Å². The summed E-state index contributed by atoms with van der Waals surface area (Å²) in [5, 5.41) is 21.6. The standard InChI is InChI=1S/2C8H12O5.Cu.H2O/c2*1-3-12-7(10)5-6(9)8(11)13-4-2;;/h2*5,9H,3-4H2,1-2H3;;1H2/q;;+2;/p-2/b2*6-5-;;. The summed E-state index contributed by atoms with van der Waals surface area (Å²) in [6.45, 7) is 6.84. The van der Waals surface area contributed by atoms with Crippen molar-refractivity contribution in [2.45, 2.75) is 27.7 Å². The van der Waals surface area contributed by atoms with Gasteiger partial charge in [0.1, 0.15) is 0 Å². The SMILES string of the molecule is CCOC(=O)/C=C(\[O-])C(=O)OCC.CCOC(=O)/C=C(\[O-])C(=O)OCC.O.[Cu+2]. The zero-order valence-electron chi connectivity index (χ0n) is 15.9. The first-order chi connectivity index (χ1) is 12.2. The third-order valence-corrected chi connectivity index (χ3v) is 2.02. The van der Waals surface area contributed by atoms with Gasteiger partial charge < -0.3 is 34.6 Å². The van der Waals surface area contributed by atoms with E-state index in [1.165, 1.54) is 0 Å². The Morgan fingerprint density at radius 3 is 1.11 bits per heavy atom. The summed E-state index contributed by atoms with van der Waals surface area (Å²) in [6, 6.07) is 0. The molecule has 1 radical (unpaired) electrons. The number of hydrogen-bond acceptors (Lipinski definition) is 10. The van der Waals surface area contributed by atoms with Crippen molar-refractivity contribution in [1.29, 1.82) is 0 Å². The fourth-order valence-corrected chi connectivity index (χ4v) is 1.10. The number of esters is 4. The molecule has 165 valence electrons. The Bertz CT molecular complexity index is 493. The van der Waals surface area contributed by atoms with Crippen LogP contribution in [0.25, 0.3) is 0 Å². The van der Waals surface area contributed by atoms with Gasteiger partial charge in [0, 0.05) is 12.2 Å². The van der Waals surface area contributed by atoms with E-state index in [-0.39, 0.29) is 49.0 Å². The summed E-state index contributed by atoms with van der Waals surface area (Å²) >= 11 is 0. The monoisotopic (exact) mass is 455 g/mol. The van der Waals surface area contributed by atoms with E-state index in [1.807, 2.05) is 0 Å². The Hall–Kier alpha value is -2.56. The molecule has 0 aromatic rings. The van der Waals surface area contributed by atoms with Gasteiger partial charge in [-0.05, 0) is 39.2 Å². The van der Waals surface area contributed by atoms with Gasteiger partial charge in [-0.3, -0.25) is 0 Å². The number of ether oxygens (including phenoxy) is 4. The molecule has 0 aromatic carbocycles. The molecule has 0 aliphatic rings. The maximum atomic E-state index is 10.8. The first-order valence-electron chi connectivity index (χ1n) is 7.68. The van der Waals surface area contributed by atoms with Crippen molar-refractivity contribution in [3.05, 3.63) is 23.7 Å². The Balaban J connectivity index is -0.000000192. The number of hydrogen-bond donors (Lipinski definition) is 0. The third kappa shape index (κ3) is 18.2.